The second-order valence-electron chi connectivity index (χ2n) is 4.61. The van der Waals surface area contributed by atoms with Gasteiger partial charge < -0.3 is 9.64 Å². The highest BCUT2D eigenvalue weighted by Gasteiger charge is 2.51. The number of carbonyl (C=O) groups is 1. The minimum Gasteiger partial charge on any atom is -0.469 e. The smallest absolute Gasteiger partial charge is 0.313 e. The largest absolute Gasteiger partial charge is 0.469 e. The fraction of sp³-hybridized carbons (Fsp3) is 0.462. The average molecular weight is 237 g/mol. The van der Waals surface area contributed by atoms with Gasteiger partial charge in [-0.2, -0.15) is 0 Å². The monoisotopic (exact) mass is 237 g/mol. The van der Waals surface area contributed by atoms with Crippen molar-refractivity contribution in [1.82, 2.24) is 0 Å². The molecule has 0 atom stereocenters. The van der Waals surface area contributed by atoms with E-state index in [1.165, 1.54) is 19.2 Å². The number of carbonyl (C=O) groups excluding carboxylic acids is 1. The Morgan fingerprint density at radius 1 is 1.53 bits per heavy atom. The molecule has 0 spiro atoms. The maximum absolute atomic E-state index is 13.1. The van der Waals surface area contributed by atoms with E-state index in [1.54, 1.807) is 6.07 Å². The van der Waals surface area contributed by atoms with E-state index in [1.807, 2.05) is 18.0 Å². The van der Waals surface area contributed by atoms with Crippen LogP contribution in [0.5, 0.6) is 0 Å². The van der Waals surface area contributed by atoms with Crippen molar-refractivity contribution in [3.05, 3.63) is 30.1 Å². The van der Waals surface area contributed by atoms with E-state index in [4.69, 9.17) is 4.74 Å². The van der Waals surface area contributed by atoms with Crippen molar-refractivity contribution in [2.24, 2.45) is 5.41 Å². The summed E-state index contributed by atoms with van der Waals surface area (Å²) in [5.74, 6) is -0.432. The summed E-state index contributed by atoms with van der Waals surface area (Å²) in [6, 6.07) is 6.37. The van der Waals surface area contributed by atoms with Crippen molar-refractivity contribution < 1.29 is 13.9 Å². The van der Waals surface area contributed by atoms with Crippen LogP contribution >= 0.6 is 0 Å². The predicted molar refractivity (Wildman–Crippen MR) is 63.4 cm³/mol. The van der Waals surface area contributed by atoms with Crippen molar-refractivity contribution in [2.45, 2.75) is 12.8 Å². The van der Waals surface area contributed by atoms with Crippen LogP contribution in [0.2, 0.25) is 0 Å². The molecule has 0 aromatic heterocycles. The third-order valence-electron chi connectivity index (χ3n) is 3.26. The molecule has 0 bridgehead atoms. The number of halogens is 1. The van der Waals surface area contributed by atoms with Gasteiger partial charge in [-0.3, -0.25) is 4.79 Å². The number of nitrogens with zero attached hydrogens (tertiary/aromatic N) is 1. The summed E-state index contributed by atoms with van der Waals surface area (Å²) in [4.78, 5) is 13.5. The highest BCUT2D eigenvalue weighted by molar-refractivity contribution is 5.80. The van der Waals surface area contributed by atoms with Crippen LogP contribution in [0.15, 0.2) is 24.3 Å². The van der Waals surface area contributed by atoms with Gasteiger partial charge in [0.25, 0.3) is 0 Å². The molecular formula is C13H16FNO2. The van der Waals surface area contributed by atoms with Crippen molar-refractivity contribution in [3.8, 4) is 0 Å². The van der Waals surface area contributed by atoms with Crippen LogP contribution in [0.25, 0.3) is 0 Å². The van der Waals surface area contributed by atoms with Crippen LogP contribution in [0.1, 0.15) is 12.8 Å². The maximum atomic E-state index is 13.1. The Labute approximate surface area is 100 Å². The van der Waals surface area contributed by atoms with E-state index < -0.39 is 0 Å². The van der Waals surface area contributed by atoms with Crippen LogP contribution in [0, 0.1) is 11.2 Å². The molecule has 0 radical (unpaired) electrons. The van der Waals surface area contributed by atoms with Crippen molar-refractivity contribution in [1.29, 1.82) is 0 Å². The summed E-state index contributed by atoms with van der Waals surface area (Å²) in [5.41, 5.74) is 0.399. The number of hydrogen-bond acceptors (Lipinski definition) is 3. The molecule has 92 valence electrons. The Bertz CT molecular complexity index is 429. The number of hydrogen-bond donors (Lipinski definition) is 0. The van der Waals surface area contributed by atoms with Gasteiger partial charge in [-0.05, 0) is 31.0 Å². The lowest BCUT2D eigenvalue weighted by Crippen LogP contribution is -2.32. The molecule has 1 aliphatic carbocycles. The summed E-state index contributed by atoms with van der Waals surface area (Å²) < 4.78 is 17.9. The third-order valence-corrected chi connectivity index (χ3v) is 3.26. The van der Waals surface area contributed by atoms with Gasteiger partial charge in [-0.25, -0.2) is 4.39 Å². The van der Waals surface area contributed by atoms with Crippen LogP contribution in [0.4, 0.5) is 10.1 Å². The molecule has 4 heteroatoms. The third kappa shape index (κ3) is 2.40. The van der Waals surface area contributed by atoms with Crippen LogP contribution in [0.3, 0.4) is 0 Å². The van der Waals surface area contributed by atoms with E-state index in [2.05, 4.69) is 0 Å². The molecule has 17 heavy (non-hydrogen) atoms. The van der Waals surface area contributed by atoms with Crippen LogP contribution in [-0.4, -0.2) is 26.7 Å². The summed E-state index contributed by atoms with van der Waals surface area (Å²) in [6.07, 6.45) is 1.69. The first kappa shape index (κ1) is 11.9. The molecule has 0 N–H and O–H groups in total. The second-order valence-corrected chi connectivity index (χ2v) is 4.61. The number of rotatable bonds is 4. The molecule has 0 unspecified atom stereocenters. The molecule has 1 fully saturated rings. The topological polar surface area (TPSA) is 29.5 Å². The van der Waals surface area contributed by atoms with Gasteiger partial charge >= 0.3 is 5.97 Å². The molecular weight excluding hydrogens is 221 g/mol. The quantitative estimate of drug-likeness (QED) is 0.752. The fourth-order valence-electron chi connectivity index (χ4n) is 2.05. The SMILES string of the molecule is COC(=O)C1(CN(C)c2cccc(F)c2)CC1. The average Bonchev–Trinajstić information content (AvgIpc) is 3.09. The van der Waals surface area contributed by atoms with Crippen LogP contribution in [-0.2, 0) is 9.53 Å². The van der Waals surface area contributed by atoms with Gasteiger partial charge in [0.2, 0.25) is 0 Å². The zero-order valence-corrected chi connectivity index (χ0v) is 10.1. The molecule has 1 aromatic rings. The number of benzene rings is 1. The highest BCUT2D eigenvalue weighted by atomic mass is 19.1. The molecule has 0 saturated heterocycles. The van der Waals surface area contributed by atoms with Crippen molar-refractivity contribution in [3.63, 3.8) is 0 Å². The summed E-state index contributed by atoms with van der Waals surface area (Å²) in [7, 11) is 3.27. The molecule has 0 aliphatic heterocycles. The Balaban J connectivity index is 2.07. The Kier molecular flexibility index (Phi) is 3.05. The van der Waals surface area contributed by atoms with Crippen LogP contribution < -0.4 is 4.90 Å². The standard InChI is InChI=1S/C13H16FNO2/c1-15(11-5-3-4-10(14)8-11)9-13(6-7-13)12(16)17-2/h3-5,8H,6-7,9H2,1-2H3. The highest BCUT2D eigenvalue weighted by Crippen LogP contribution is 2.47. The molecule has 0 amide bonds. The fourth-order valence-corrected chi connectivity index (χ4v) is 2.05. The van der Waals surface area contributed by atoms with E-state index in [9.17, 15) is 9.18 Å². The van der Waals surface area contributed by atoms with E-state index >= 15 is 0 Å². The molecule has 1 saturated carbocycles. The van der Waals surface area contributed by atoms with Gasteiger partial charge in [0.15, 0.2) is 0 Å². The predicted octanol–water partition coefficient (Wildman–Crippen LogP) is 2.22. The van der Waals surface area contributed by atoms with E-state index in [0.717, 1.165) is 18.5 Å². The van der Waals surface area contributed by atoms with Crippen molar-refractivity contribution >= 4 is 11.7 Å². The number of ether oxygens (including phenoxy) is 1. The normalized spacial score (nSPS) is 16.4. The van der Waals surface area contributed by atoms with Gasteiger partial charge in [0, 0.05) is 19.3 Å². The number of methoxy groups -OCH3 is 1. The minimum absolute atomic E-state index is 0.166. The van der Waals surface area contributed by atoms with E-state index in [0.29, 0.717) is 6.54 Å². The van der Waals surface area contributed by atoms with Gasteiger partial charge in [0.05, 0.1) is 12.5 Å². The van der Waals surface area contributed by atoms with E-state index in [-0.39, 0.29) is 17.2 Å². The Hall–Kier alpha value is -1.58. The molecule has 2 rings (SSSR count). The first-order chi connectivity index (χ1) is 8.07. The number of anilines is 1. The summed E-state index contributed by atoms with van der Waals surface area (Å²) in [5, 5.41) is 0. The summed E-state index contributed by atoms with van der Waals surface area (Å²) in [6.45, 7) is 0.573. The minimum atomic E-state index is -0.379. The lowest BCUT2D eigenvalue weighted by atomic mass is 10.1. The second kappa shape index (κ2) is 4.35. The number of esters is 1. The zero-order chi connectivity index (χ0) is 12.5. The zero-order valence-electron chi connectivity index (χ0n) is 10.1. The Morgan fingerprint density at radius 3 is 2.76 bits per heavy atom. The Morgan fingerprint density at radius 2 is 2.24 bits per heavy atom. The first-order valence-corrected chi connectivity index (χ1v) is 5.62. The van der Waals surface area contributed by atoms with Gasteiger partial charge in [0.1, 0.15) is 5.82 Å². The lowest BCUT2D eigenvalue weighted by Gasteiger charge is -2.24. The summed E-state index contributed by atoms with van der Waals surface area (Å²) >= 11 is 0. The molecule has 1 aliphatic rings. The molecule has 1 aromatic carbocycles. The van der Waals surface area contributed by atoms with Crippen molar-refractivity contribution in [2.75, 3.05) is 25.6 Å². The van der Waals surface area contributed by atoms with Gasteiger partial charge in [-0.1, -0.05) is 6.07 Å². The first-order valence-electron chi connectivity index (χ1n) is 5.62. The molecule has 3 nitrogen and oxygen atoms in total. The molecule has 0 heterocycles. The lowest BCUT2D eigenvalue weighted by molar-refractivity contribution is -0.146. The maximum Gasteiger partial charge on any atom is 0.313 e. The van der Waals surface area contributed by atoms with Gasteiger partial charge in [-0.15, -0.1) is 0 Å².